The summed E-state index contributed by atoms with van der Waals surface area (Å²) in [5, 5.41) is 3.09. The number of benzene rings is 2. The van der Waals surface area contributed by atoms with Crippen molar-refractivity contribution in [1.82, 2.24) is 5.32 Å². The molecule has 0 atom stereocenters. The van der Waals surface area contributed by atoms with E-state index < -0.39 is 0 Å². The van der Waals surface area contributed by atoms with E-state index in [1.165, 1.54) is 0 Å². The first-order chi connectivity index (χ1) is 13.7. The molecule has 144 valence electrons. The summed E-state index contributed by atoms with van der Waals surface area (Å²) in [6.07, 6.45) is 3.51. The SMILES string of the molecule is NC1=NC=C(c2ccc(C(=O)NC3CCOCC3)cc2)N(c2ccccc2)C1. The highest BCUT2D eigenvalue weighted by Crippen LogP contribution is 2.28. The van der Waals surface area contributed by atoms with Crippen molar-refractivity contribution in [1.29, 1.82) is 0 Å². The Kier molecular flexibility index (Phi) is 5.39. The number of carbonyl (C=O) groups excluding carboxylic acids is 1. The lowest BCUT2D eigenvalue weighted by atomic mass is 10.1. The molecular weight excluding hydrogens is 352 g/mol. The average molecular weight is 376 g/mol. The van der Waals surface area contributed by atoms with Gasteiger partial charge < -0.3 is 20.7 Å². The molecule has 2 aliphatic rings. The number of amidine groups is 1. The molecule has 0 aliphatic carbocycles. The van der Waals surface area contributed by atoms with Crippen LogP contribution in [0.2, 0.25) is 0 Å². The van der Waals surface area contributed by atoms with Gasteiger partial charge in [0.25, 0.3) is 5.91 Å². The fourth-order valence-corrected chi connectivity index (χ4v) is 3.47. The quantitative estimate of drug-likeness (QED) is 0.860. The molecule has 0 unspecified atom stereocenters. The molecule has 28 heavy (non-hydrogen) atoms. The topological polar surface area (TPSA) is 79.9 Å². The lowest BCUT2D eigenvalue weighted by Gasteiger charge is -2.29. The van der Waals surface area contributed by atoms with Crippen LogP contribution in [0.5, 0.6) is 0 Å². The Morgan fingerprint density at radius 2 is 1.79 bits per heavy atom. The summed E-state index contributed by atoms with van der Waals surface area (Å²) < 4.78 is 5.34. The maximum absolute atomic E-state index is 12.5. The van der Waals surface area contributed by atoms with Crippen molar-refractivity contribution in [3.05, 3.63) is 71.9 Å². The minimum absolute atomic E-state index is 0.0433. The lowest BCUT2D eigenvalue weighted by molar-refractivity contribution is 0.0696. The van der Waals surface area contributed by atoms with E-state index in [9.17, 15) is 4.79 Å². The number of aliphatic imine (C=N–C) groups is 1. The predicted octanol–water partition coefficient (Wildman–Crippen LogP) is 2.77. The van der Waals surface area contributed by atoms with E-state index in [0.717, 1.165) is 29.8 Å². The van der Waals surface area contributed by atoms with E-state index in [2.05, 4.69) is 15.2 Å². The number of anilines is 1. The Morgan fingerprint density at radius 3 is 2.50 bits per heavy atom. The second kappa shape index (κ2) is 8.27. The molecule has 1 fully saturated rings. The van der Waals surface area contributed by atoms with E-state index in [4.69, 9.17) is 10.5 Å². The van der Waals surface area contributed by atoms with Gasteiger partial charge in [-0.3, -0.25) is 4.79 Å². The van der Waals surface area contributed by atoms with Crippen molar-refractivity contribution in [3.8, 4) is 0 Å². The van der Waals surface area contributed by atoms with E-state index >= 15 is 0 Å². The van der Waals surface area contributed by atoms with Crippen LogP contribution in [-0.4, -0.2) is 37.5 Å². The minimum atomic E-state index is -0.0433. The fourth-order valence-electron chi connectivity index (χ4n) is 3.47. The van der Waals surface area contributed by atoms with Crippen LogP contribution in [0.3, 0.4) is 0 Å². The first-order valence-corrected chi connectivity index (χ1v) is 9.54. The van der Waals surface area contributed by atoms with Crippen molar-refractivity contribution in [3.63, 3.8) is 0 Å². The largest absolute Gasteiger partial charge is 0.386 e. The normalized spacial score (nSPS) is 17.6. The van der Waals surface area contributed by atoms with Crippen molar-refractivity contribution in [2.45, 2.75) is 18.9 Å². The lowest BCUT2D eigenvalue weighted by Crippen LogP contribution is -2.38. The molecule has 0 saturated carbocycles. The van der Waals surface area contributed by atoms with Gasteiger partial charge in [-0.05, 0) is 42.7 Å². The van der Waals surface area contributed by atoms with Crippen molar-refractivity contribution in [2.24, 2.45) is 10.7 Å². The first kappa shape index (κ1) is 18.3. The number of para-hydroxylation sites is 1. The van der Waals surface area contributed by atoms with Crippen molar-refractivity contribution >= 4 is 23.1 Å². The zero-order valence-corrected chi connectivity index (χ0v) is 15.7. The molecule has 0 aromatic heterocycles. The van der Waals surface area contributed by atoms with Crippen molar-refractivity contribution < 1.29 is 9.53 Å². The number of ether oxygens (including phenoxy) is 1. The van der Waals surface area contributed by atoms with Gasteiger partial charge in [-0.15, -0.1) is 0 Å². The molecule has 2 aromatic carbocycles. The van der Waals surface area contributed by atoms with Gasteiger partial charge in [0.15, 0.2) is 0 Å². The van der Waals surface area contributed by atoms with Gasteiger partial charge in [0.05, 0.1) is 18.4 Å². The van der Waals surface area contributed by atoms with Crippen LogP contribution in [0, 0.1) is 0 Å². The highest BCUT2D eigenvalue weighted by atomic mass is 16.5. The van der Waals surface area contributed by atoms with Gasteiger partial charge in [-0.25, -0.2) is 4.99 Å². The molecular formula is C22H24N4O2. The molecule has 6 heteroatoms. The van der Waals surface area contributed by atoms with Gasteiger partial charge in [0.1, 0.15) is 5.84 Å². The number of carbonyl (C=O) groups is 1. The molecule has 0 bridgehead atoms. The molecule has 1 amide bonds. The summed E-state index contributed by atoms with van der Waals surface area (Å²) in [7, 11) is 0. The monoisotopic (exact) mass is 376 g/mol. The number of nitrogens with two attached hydrogens (primary N) is 1. The van der Waals surface area contributed by atoms with Crippen LogP contribution in [0.1, 0.15) is 28.8 Å². The summed E-state index contributed by atoms with van der Waals surface area (Å²) in [6.45, 7) is 1.94. The minimum Gasteiger partial charge on any atom is -0.386 e. The second-order valence-corrected chi connectivity index (χ2v) is 6.99. The van der Waals surface area contributed by atoms with Crippen LogP contribution in [0.25, 0.3) is 5.70 Å². The van der Waals surface area contributed by atoms with Crippen LogP contribution < -0.4 is 16.0 Å². The summed E-state index contributed by atoms with van der Waals surface area (Å²) in [4.78, 5) is 18.9. The maximum Gasteiger partial charge on any atom is 0.251 e. The highest BCUT2D eigenvalue weighted by molar-refractivity contribution is 5.97. The fraction of sp³-hybridized carbons (Fsp3) is 0.273. The Balaban J connectivity index is 1.52. The summed E-state index contributed by atoms with van der Waals surface area (Å²) in [5.74, 6) is 0.526. The standard InChI is InChI=1S/C22H24N4O2/c23-21-15-26(19-4-2-1-3-5-19)20(14-24-21)16-6-8-17(9-7-16)22(27)25-18-10-12-28-13-11-18/h1-9,14,18H,10-13,15H2,(H2,23,24)(H,25,27). The Hall–Kier alpha value is -3.12. The van der Waals surface area contributed by atoms with E-state index in [-0.39, 0.29) is 11.9 Å². The smallest absolute Gasteiger partial charge is 0.251 e. The third-order valence-corrected chi connectivity index (χ3v) is 5.03. The average Bonchev–Trinajstić information content (AvgIpc) is 2.75. The summed E-state index contributed by atoms with van der Waals surface area (Å²) >= 11 is 0. The number of hydrogen-bond acceptors (Lipinski definition) is 5. The molecule has 6 nitrogen and oxygen atoms in total. The second-order valence-electron chi connectivity index (χ2n) is 6.99. The highest BCUT2D eigenvalue weighted by Gasteiger charge is 2.20. The predicted molar refractivity (Wildman–Crippen MR) is 111 cm³/mol. The van der Waals surface area contributed by atoms with Crippen LogP contribution in [0.15, 0.2) is 65.8 Å². The molecule has 1 saturated heterocycles. The van der Waals surface area contributed by atoms with Crippen LogP contribution in [0.4, 0.5) is 5.69 Å². The molecule has 4 rings (SSSR count). The number of hydrogen-bond donors (Lipinski definition) is 2. The van der Waals surface area contributed by atoms with E-state index in [1.54, 1.807) is 6.20 Å². The molecule has 2 heterocycles. The van der Waals surface area contributed by atoms with E-state index in [0.29, 0.717) is 31.2 Å². The zero-order chi connectivity index (χ0) is 19.3. The Bertz CT molecular complexity index is 885. The third-order valence-electron chi connectivity index (χ3n) is 5.03. The molecule has 2 aromatic rings. The zero-order valence-electron chi connectivity index (χ0n) is 15.7. The third kappa shape index (κ3) is 4.07. The van der Waals surface area contributed by atoms with Crippen LogP contribution >= 0.6 is 0 Å². The van der Waals surface area contributed by atoms with Gasteiger partial charge in [0.2, 0.25) is 0 Å². The van der Waals surface area contributed by atoms with Crippen LogP contribution in [-0.2, 0) is 4.74 Å². The first-order valence-electron chi connectivity index (χ1n) is 9.54. The Labute approximate surface area is 164 Å². The number of nitrogens with one attached hydrogen (secondary N) is 1. The van der Waals surface area contributed by atoms with Gasteiger partial charge in [-0.2, -0.15) is 0 Å². The molecule has 2 aliphatic heterocycles. The summed E-state index contributed by atoms with van der Waals surface area (Å²) in [6, 6.07) is 17.9. The Morgan fingerprint density at radius 1 is 1.07 bits per heavy atom. The number of nitrogens with zero attached hydrogens (tertiary/aromatic N) is 2. The summed E-state index contributed by atoms with van der Waals surface area (Å²) in [5.41, 5.74) is 9.60. The molecule has 0 radical (unpaired) electrons. The van der Waals surface area contributed by atoms with Gasteiger partial charge >= 0.3 is 0 Å². The number of amides is 1. The van der Waals surface area contributed by atoms with Gasteiger partial charge in [-0.1, -0.05) is 30.3 Å². The van der Waals surface area contributed by atoms with E-state index in [1.807, 2.05) is 54.6 Å². The number of rotatable bonds is 4. The maximum atomic E-state index is 12.5. The molecule has 0 spiro atoms. The van der Waals surface area contributed by atoms with Gasteiger partial charge in [0, 0.05) is 30.5 Å². The van der Waals surface area contributed by atoms with Crippen molar-refractivity contribution in [2.75, 3.05) is 24.7 Å². The molecule has 3 N–H and O–H groups in total.